The number of urea groups is 1. The number of likely N-dealkylation sites (N-methyl/N-ethyl adjacent to an activating group) is 1. The molecular weight excluding hydrogens is 344 g/mol. The summed E-state index contributed by atoms with van der Waals surface area (Å²) >= 11 is 0. The Morgan fingerprint density at radius 2 is 2.00 bits per heavy atom. The van der Waals surface area contributed by atoms with E-state index < -0.39 is 0 Å². The van der Waals surface area contributed by atoms with Crippen molar-refractivity contribution in [3.05, 3.63) is 29.8 Å². The second-order valence-corrected chi connectivity index (χ2v) is 7.73. The summed E-state index contributed by atoms with van der Waals surface area (Å²) in [7, 11) is 5.67. The smallest absolute Gasteiger partial charge is 0.314 e. The highest BCUT2D eigenvalue weighted by Gasteiger charge is 2.28. The Kier molecular flexibility index (Phi) is 7.89. The molecule has 0 radical (unpaired) electrons. The molecule has 27 heavy (non-hydrogen) atoms. The van der Waals surface area contributed by atoms with Crippen LogP contribution < -0.4 is 15.4 Å². The zero-order valence-corrected chi connectivity index (χ0v) is 17.2. The first-order valence-corrected chi connectivity index (χ1v) is 9.48. The molecule has 2 N–H and O–H groups in total. The van der Waals surface area contributed by atoms with Crippen molar-refractivity contribution in [1.29, 1.82) is 0 Å². The van der Waals surface area contributed by atoms with Crippen molar-refractivity contribution >= 4 is 6.03 Å². The Bertz CT molecular complexity index is 601. The molecule has 1 atom stereocenters. The first-order chi connectivity index (χ1) is 12.8. The van der Waals surface area contributed by atoms with Crippen molar-refractivity contribution in [2.24, 2.45) is 0 Å². The third-order valence-corrected chi connectivity index (χ3v) is 5.11. The molecule has 1 aromatic carbocycles. The van der Waals surface area contributed by atoms with Gasteiger partial charge in [0.2, 0.25) is 0 Å². The number of carbonyl (C=O) groups excluding carboxylic acids is 1. The lowest BCUT2D eigenvalue weighted by atomic mass is 10.0. The number of rotatable bonds is 8. The minimum Gasteiger partial charge on any atom is -0.497 e. The summed E-state index contributed by atoms with van der Waals surface area (Å²) in [6.45, 7) is 8.70. The zero-order valence-electron chi connectivity index (χ0n) is 17.2. The van der Waals surface area contributed by atoms with Gasteiger partial charge in [0.1, 0.15) is 5.75 Å². The minimum absolute atomic E-state index is 0.0677. The van der Waals surface area contributed by atoms with Crippen molar-refractivity contribution < 1.29 is 14.3 Å². The molecule has 1 unspecified atom stereocenters. The Morgan fingerprint density at radius 1 is 1.30 bits per heavy atom. The standard InChI is InChI=1S/C20H34N4O3/c1-20(2,24-9-11-27-12-10-24)15-22-19(25)21-14-18(23(3)4)16-7-6-8-17(13-16)26-5/h6-8,13,18H,9-12,14-15H2,1-5H3,(H2,21,22,25). The lowest BCUT2D eigenvalue weighted by Crippen LogP contribution is -2.56. The molecule has 1 fully saturated rings. The number of nitrogens with zero attached hydrogens (tertiary/aromatic N) is 2. The van der Waals surface area contributed by atoms with E-state index in [1.807, 2.05) is 38.4 Å². The molecule has 1 saturated heterocycles. The van der Waals surface area contributed by atoms with Gasteiger partial charge in [-0.25, -0.2) is 4.79 Å². The van der Waals surface area contributed by atoms with Gasteiger partial charge in [0, 0.05) is 31.7 Å². The second-order valence-electron chi connectivity index (χ2n) is 7.73. The Morgan fingerprint density at radius 3 is 2.63 bits per heavy atom. The van der Waals surface area contributed by atoms with E-state index in [1.54, 1.807) is 7.11 Å². The molecule has 152 valence electrons. The summed E-state index contributed by atoms with van der Waals surface area (Å²) in [4.78, 5) is 16.8. The van der Waals surface area contributed by atoms with Gasteiger partial charge < -0.3 is 25.0 Å². The van der Waals surface area contributed by atoms with Crippen molar-refractivity contribution in [2.75, 3.05) is 60.6 Å². The first-order valence-electron chi connectivity index (χ1n) is 9.48. The second kappa shape index (κ2) is 9.92. The fraction of sp³-hybridized carbons (Fsp3) is 0.650. The van der Waals surface area contributed by atoms with Crippen molar-refractivity contribution in [1.82, 2.24) is 20.4 Å². The molecule has 1 aromatic rings. The van der Waals surface area contributed by atoms with Crippen LogP contribution in [-0.2, 0) is 4.74 Å². The highest BCUT2D eigenvalue weighted by atomic mass is 16.5. The van der Waals surface area contributed by atoms with Crippen molar-refractivity contribution in [3.8, 4) is 5.75 Å². The number of carbonyl (C=O) groups is 1. The Balaban J connectivity index is 1.86. The lowest BCUT2D eigenvalue weighted by molar-refractivity contribution is -0.00875. The summed E-state index contributed by atoms with van der Waals surface area (Å²) in [5.74, 6) is 0.816. The molecule has 0 spiro atoms. The summed E-state index contributed by atoms with van der Waals surface area (Å²) < 4.78 is 10.7. The molecule has 0 bridgehead atoms. The lowest BCUT2D eigenvalue weighted by Gasteiger charge is -2.40. The van der Waals surface area contributed by atoms with Crippen LogP contribution in [0.5, 0.6) is 5.75 Å². The van der Waals surface area contributed by atoms with Gasteiger partial charge >= 0.3 is 6.03 Å². The average Bonchev–Trinajstić information content (AvgIpc) is 2.67. The molecule has 0 saturated carbocycles. The van der Waals surface area contributed by atoms with Gasteiger partial charge in [0.25, 0.3) is 0 Å². The van der Waals surface area contributed by atoms with E-state index in [-0.39, 0.29) is 17.6 Å². The van der Waals surface area contributed by atoms with Crippen LogP contribution in [0, 0.1) is 0 Å². The number of nitrogens with one attached hydrogen (secondary N) is 2. The van der Waals surface area contributed by atoms with Crippen LogP contribution >= 0.6 is 0 Å². The van der Waals surface area contributed by atoms with Gasteiger partial charge in [-0.05, 0) is 45.6 Å². The number of amides is 2. The monoisotopic (exact) mass is 378 g/mol. The zero-order chi connectivity index (χ0) is 19.9. The van der Waals surface area contributed by atoms with Crippen LogP contribution in [0.2, 0.25) is 0 Å². The van der Waals surface area contributed by atoms with Crippen LogP contribution in [0.25, 0.3) is 0 Å². The minimum atomic E-state index is -0.147. The molecule has 7 heteroatoms. The van der Waals surface area contributed by atoms with Gasteiger partial charge in [-0.3, -0.25) is 4.90 Å². The normalized spacial score (nSPS) is 16.8. The maximum absolute atomic E-state index is 12.3. The highest BCUT2D eigenvalue weighted by molar-refractivity contribution is 5.74. The number of hydrogen-bond donors (Lipinski definition) is 2. The van der Waals surface area contributed by atoms with Crippen LogP contribution in [0.3, 0.4) is 0 Å². The predicted octanol–water partition coefficient (Wildman–Crippen LogP) is 1.71. The van der Waals surface area contributed by atoms with E-state index >= 15 is 0 Å². The Hall–Kier alpha value is -1.83. The van der Waals surface area contributed by atoms with Crippen LogP contribution in [-0.4, -0.2) is 82.0 Å². The SMILES string of the molecule is COc1cccc(C(CNC(=O)NCC(C)(C)N2CCOCC2)N(C)C)c1. The molecule has 1 aliphatic heterocycles. The predicted molar refractivity (Wildman–Crippen MR) is 107 cm³/mol. The highest BCUT2D eigenvalue weighted by Crippen LogP contribution is 2.22. The van der Waals surface area contributed by atoms with E-state index in [4.69, 9.17) is 9.47 Å². The summed E-state index contributed by atoms with van der Waals surface area (Å²) in [6, 6.07) is 7.86. The van der Waals surface area contributed by atoms with E-state index in [2.05, 4.69) is 34.3 Å². The molecule has 0 aliphatic carbocycles. The van der Waals surface area contributed by atoms with Crippen molar-refractivity contribution in [2.45, 2.75) is 25.4 Å². The number of ether oxygens (including phenoxy) is 2. The van der Waals surface area contributed by atoms with Crippen molar-refractivity contribution in [3.63, 3.8) is 0 Å². The average molecular weight is 379 g/mol. The van der Waals surface area contributed by atoms with Crippen LogP contribution in [0.1, 0.15) is 25.5 Å². The van der Waals surface area contributed by atoms with E-state index in [9.17, 15) is 4.79 Å². The summed E-state index contributed by atoms with van der Waals surface area (Å²) in [5.41, 5.74) is 1.00. The topological polar surface area (TPSA) is 66.1 Å². The third-order valence-electron chi connectivity index (χ3n) is 5.11. The number of hydrogen-bond acceptors (Lipinski definition) is 5. The molecule has 1 aliphatic rings. The quantitative estimate of drug-likeness (QED) is 0.721. The van der Waals surface area contributed by atoms with Gasteiger partial charge in [-0.1, -0.05) is 12.1 Å². The largest absolute Gasteiger partial charge is 0.497 e. The number of benzene rings is 1. The van der Waals surface area contributed by atoms with Gasteiger partial charge in [0.05, 0.1) is 26.4 Å². The number of methoxy groups -OCH3 is 1. The van der Waals surface area contributed by atoms with E-state index in [1.165, 1.54) is 0 Å². The molecule has 2 amide bonds. The Labute approximate surface area is 163 Å². The molecule has 0 aromatic heterocycles. The molecule has 2 rings (SSSR count). The third kappa shape index (κ3) is 6.37. The number of morpholine rings is 1. The molecule has 1 heterocycles. The van der Waals surface area contributed by atoms with Gasteiger partial charge in [-0.15, -0.1) is 0 Å². The van der Waals surface area contributed by atoms with Crippen LogP contribution in [0.4, 0.5) is 4.79 Å². The van der Waals surface area contributed by atoms with E-state index in [0.29, 0.717) is 13.1 Å². The van der Waals surface area contributed by atoms with E-state index in [0.717, 1.165) is 37.6 Å². The maximum atomic E-state index is 12.3. The summed E-state index contributed by atoms with van der Waals surface area (Å²) in [5, 5.41) is 6.01. The fourth-order valence-electron chi connectivity index (χ4n) is 3.28. The van der Waals surface area contributed by atoms with Crippen LogP contribution in [0.15, 0.2) is 24.3 Å². The maximum Gasteiger partial charge on any atom is 0.314 e. The van der Waals surface area contributed by atoms with Gasteiger partial charge in [0.15, 0.2) is 0 Å². The fourth-order valence-corrected chi connectivity index (χ4v) is 3.28. The van der Waals surface area contributed by atoms with Gasteiger partial charge in [-0.2, -0.15) is 0 Å². The summed E-state index contributed by atoms with van der Waals surface area (Å²) in [6.07, 6.45) is 0. The molecule has 7 nitrogen and oxygen atoms in total. The molecular formula is C20H34N4O3. The first kappa shape index (κ1) is 21.5.